The number of methoxy groups -OCH3 is 1. The van der Waals surface area contributed by atoms with Crippen molar-refractivity contribution in [2.24, 2.45) is 0 Å². The molecule has 5 rings (SSSR count). The van der Waals surface area contributed by atoms with Crippen LogP contribution in [0.15, 0.2) is 16.9 Å². The van der Waals surface area contributed by atoms with Crippen LogP contribution in [0.5, 0.6) is 6.01 Å². The quantitative estimate of drug-likeness (QED) is 0.719. The monoisotopic (exact) mass is 394 g/mol. The first-order valence-electron chi connectivity index (χ1n) is 9.68. The molecule has 3 aromatic rings. The lowest BCUT2D eigenvalue weighted by atomic mass is 10.0. The maximum atomic E-state index is 13.5. The number of amides is 1. The van der Waals surface area contributed by atoms with E-state index in [4.69, 9.17) is 9.15 Å². The van der Waals surface area contributed by atoms with Crippen LogP contribution in [0, 0.1) is 6.92 Å². The van der Waals surface area contributed by atoms with Crippen molar-refractivity contribution in [3.63, 3.8) is 0 Å². The third-order valence-electron chi connectivity index (χ3n) is 5.69. The highest BCUT2D eigenvalue weighted by atomic mass is 16.5. The van der Waals surface area contributed by atoms with Gasteiger partial charge in [0.15, 0.2) is 0 Å². The van der Waals surface area contributed by atoms with Crippen LogP contribution in [-0.4, -0.2) is 49.9 Å². The zero-order valence-electron chi connectivity index (χ0n) is 16.7. The Bertz CT molecular complexity index is 1120. The van der Waals surface area contributed by atoms with E-state index in [9.17, 15) is 4.79 Å². The van der Waals surface area contributed by atoms with Crippen molar-refractivity contribution in [3.05, 3.63) is 35.1 Å². The van der Waals surface area contributed by atoms with E-state index in [1.807, 2.05) is 0 Å². The molecule has 1 amide bonds. The van der Waals surface area contributed by atoms with E-state index in [1.165, 1.54) is 13.4 Å². The van der Waals surface area contributed by atoms with Crippen LogP contribution in [-0.2, 0) is 13.0 Å². The molecule has 0 radical (unpaired) electrons. The highest BCUT2D eigenvalue weighted by Gasteiger charge is 2.39. The number of hydrogen-bond acceptors (Lipinski definition) is 8. The molecule has 150 valence electrons. The molecule has 9 nitrogen and oxygen atoms in total. The number of fused-ring (bicyclic) bond motifs is 2. The van der Waals surface area contributed by atoms with Gasteiger partial charge >= 0.3 is 6.01 Å². The lowest BCUT2D eigenvalue weighted by Gasteiger charge is -2.28. The van der Waals surface area contributed by atoms with Crippen molar-refractivity contribution < 1.29 is 13.9 Å². The first-order valence-corrected chi connectivity index (χ1v) is 9.68. The fourth-order valence-electron chi connectivity index (χ4n) is 3.71. The third kappa shape index (κ3) is 3.06. The molecule has 3 aromatic heterocycles. The summed E-state index contributed by atoms with van der Waals surface area (Å²) in [4.78, 5) is 32.5. The molecule has 1 aliphatic carbocycles. The number of nitrogens with zero attached hydrogens (tertiary/aromatic N) is 5. The molecule has 1 aliphatic heterocycles. The Morgan fingerprint density at radius 2 is 2.14 bits per heavy atom. The highest BCUT2D eigenvalue weighted by Crippen LogP contribution is 2.40. The number of ether oxygens (including phenoxy) is 1. The summed E-state index contributed by atoms with van der Waals surface area (Å²) in [6, 6.07) is 0.306. The maximum Gasteiger partial charge on any atom is 0.316 e. The summed E-state index contributed by atoms with van der Waals surface area (Å²) in [6.07, 6.45) is 6.08. The van der Waals surface area contributed by atoms with Crippen molar-refractivity contribution in [1.82, 2.24) is 24.8 Å². The average molecular weight is 394 g/mol. The molecule has 0 aromatic carbocycles. The molecule has 1 N–H and O–H groups in total. The second-order valence-corrected chi connectivity index (χ2v) is 7.93. The van der Waals surface area contributed by atoms with Crippen molar-refractivity contribution in [2.45, 2.75) is 45.2 Å². The number of nitrogens with one attached hydrogen (secondary N) is 1. The van der Waals surface area contributed by atoms with Crippen molar-refractivity contribution >= 4 is 22.8 Å². The highest BCUT2D eigenvalue weighted by molar-refractivity contribution is 6.10. The Kier molecular flexibility index (Phi) is 3.94. The predicted molar refractivity (Wildman–Crippen MR) is 105 cm³/mol. The number of carbonyl (C=O) groups is 1. The maximum absolute atomic E-state index is 13.5. The van der Waals surface area contributed by atoms with Crippen molar-refractivity contribution in [2.75, 3.05) is 19.0 Å². The van der Waals surface area contributed by atoms with Gasteiger partial charge in [-0.3, -0.25) is 4.79 Å². The largest absolute Gasteiger partial charge is 0.467 e. The van der Waals surface area contributed by atoms with E-state index < -0.39 is 0 Å². The molecule has 2 aliphatic rings. The number of hydrogen-bond donors (Lipinski definition) is 1. The van der Waals surface area contributed by atoms with Crippen LogP contribution < -0.4 is 10.1 Å². The Morgan fingerprint density at radius 1 is 1.31 bits per heavy atom. The predicted octanol–water partition coefficient (Wildman–Crippen LogP) is 2.49. The molecule has 1 saturated carbocycles. The van der Waals surface area contributed by atoms with Gasteiger partial charge in [0.1, 0.15) is 17.9 Å². The topological polar surface area (TPSA) is 106 Å². The zero-order chi connectivity index (χ0) is 20.2. The average Bonchev–Trinajstić information content (AvgIpc) is 3.34. The number of aryl methyl sites for hydroxylation is 1. The van der Waals surface area contributed by atoms with E-state index in [1.54, 1.807) is 18.0 Å². The van der Waals surface area contributed by atoms with E-state index in [0.717, 1.165) is 24.1 Å². The van der Waals surface area contributed by atoms with Crippen molar-refractivity contribution in [3.8, 4) is 6.01 Å². The SMILES string of the molecule is COc1ncc2c(n1)CN(C(=O)c1c(C)oc3ncnc(NC4(C)CC4)c13)CC2. The van der Waals surface area contributed by atoms with Gasteiger partial charge in [0.2, 0.25) is 5.71 Å². The number of aromatic nitrogens is 4. The Labute approximate surface area is 167 Å². The fraction of sp³-hybridized carbons (Fsp3) is 0.450. The third-order valence-corrected chi connectivity index (χ3v) is 5.69. The standard InChI is InChI=1S/C20H22N6O3/c1-11-14(15-16(25-20(2)5-6-20)22-10-23-17(15)29-11)18(27)26-7-4-12-8-21-19(28-3)24-13(12)9-26/h8,10H,4-7,9H2,1-3H3,(H,22,23,25). The molecular weight excluding hydrogens is 372 g/mol. The molecule has 0 atom stereocenters. The molecule has 9 heteroatoms. The summed E-state index contributed by atoms with van der Waals surface area (Å²) < 4.78 is 10.9. The molecule has 4 heterocycles. The smallest absolute Gasteiger partial charge is 0.316 e. The second kappa shape index (κ2) is 6.40. The lowest BCUT2D eigenvalue weighted by molar-refractivity contribution is 0.0731. The summed E-state index contributed by atoms with van der Waals surface area (Å²) in [7, 11) is 1.53. The van der Waals surface area contributed by atoms with Gasteiger partial charge in [-0.15, -0.1) is 0 Å². The van der Waals surface area contributed by atoms with Crippen molar-refractivity contribution in [1.29, 1.82) is 0 Å². The number of anilines is 1. The fourth-order valence-corrected chi connectivity index (χ4v) is 3.71. The minimum Gasteiger partial charge on any atom is -0.467 e. The van der Waals surface area contributed by atoms with E-state index in [-0.39, 0.29) is 11.4 Å². The molecule has 0 unspecified atom stereocenters. The van der Waals surface area contributed by atoms with Crippen LogP contribution in [0.4, 0.5) is 5.82 Å². The summed E-state index contributed by atoms with van der Waals surface area (Å²) in [6.45, 7) is 4.92. The van der Waals surface area contributed by atoms with Crippen LogP contribution in [0.1, 0.15) is 47.1 Å². The Morgan fingerprint density at radius 3 is 2.90 bits per heavy atom. The van der Waals surface area contributed by atoms with Crippen LogP contribution in [0.2, 0.25) is 0 Å². The van der Waals surface area contributed by atoms with E-state index in [2.05, 4.69) is 32.2 Å². The van der Waals surface area contributed by atoms with Crippen LogP contribution >= 0.6 is 0 Å². The molecular formula is C20H22N6O3. The first kappa shape index (κ1) is 17.8. The van der Waals surface area contributed by atoms with E-state index in [0.29, 0.717) is 53.8 Å². The van der Waals surface area contributed by atoms with Gasteiger partial charge in [0.05, 0.1) is 30.3 Å². The number of rotatable bonds is 4. The Hall–Kier alpha value is -3.23. The molecule has 0 saturated heterocycles. The van der Waals surface area contributed by atoms with Gasteiger partial charge in [-0.25, -0.2) is 15.0 Å². The molecule has 0 spiro atoms. The van der Waals surface area contributed by atoms with Crippen LogP contribution in [0.25, 0.3) is 11.1 Å². The van der Waals surface area contributed by atoms with Gasteiger partial charge < -0.3 is 19.4 Å². The van der Waals surface area contributed by atoms with Crippen LogP contribution in [0.3, 0.4) is 0 Å². The van der Waals surface area contributed by atoms with Gasteiger partial charge in [-0.2, -0.15) is 4.98 Å². The number of carbonyl (C=O) groups excluding carboxylic acids is 1. The molecule has 1 fully saturated rings. The minimum absolute atomic E-state index is 0.0182. The summed E-state index contributed by atoms with van der Waals surface area (Å²) in [5.41, 5.74) is 2.80. The van der Waals surface area contributed by atoms with E-state index >= 15 is 0 Å². The zero-order valence-corrected chi connectivity index (χ0v) is 16.7. The van der Waals surface area contributed by atoms with Gasteiger partial charge in [0.25, 0.3) is 5.91 Å². The summed E-state index contributed by atoms with van der Waals surface area (Å²) in [5, 5.41) is 4.11. The first-order chi connectivity index (χ1) is 14.0. The summed E-state index contributed by atoms with van der Waals surface area (Å²) in [5.74, 6) is 1.08. The number of furan rings is 1. The second-order valence-electron chi connectivity index (χ2n) is 7.93. The van der Waals surface area contributed by atoms with Gasteiger partial charge in [0, 0.05) is 18.3 Å². The minimum atomic E-state index is -0.108. The lowest BCUT2D eigenvalue weighted by Crippen LogP contribution is -2.37. The summed E-state index contributed by atoms with van der Waals surface area (Å²) >= 11 is 0. The molecule has 29 heavy (non-hydrogen) atoms. The molecule has 0 bridgehead atoms. The Balaban J connectivity index is 1.52. The van der Waals surface area contributed by atoms with Gasteiger partial charge in [-0.05, 0) is 38.7 Å². The normalized spacial score (nSPS) is 17.1. The van der Waals surface area contributed by atoms with Gasteiger partial charge in [-0.1, -0.05) is 0 Å².